The van der Waals surface area contributed by atoms with E-state index in [2.05, 4.69) is 5.32 Å². The highest BCUT2D eigenvalue weighted by molar-refractivity contribution is 4.44. The van der Waals surface area contributed by atoms with E-state index >= 15 is 0 Å². The fourth-order valence-electron chi connectivity index (χ4n) is 0.594. The first-order chi connectivity index (χ1) is 4.35. The van der Waals surface area contributed by atoms with Crippen LogP contribution in [0, 0.1) is 0 Å². The fourth-order valence-corrected chi connectivity index (χ4v) is 0.594. The van der Waals surface area contributed by atoms with E-state index < -0.39 is 0 Å². The first-order valence-corrected chi connectivity index (χ1v) is 3.05. The minimum Gasteiger partial charge on any atom is -0.356 e. The van der Waals surface area contributed by atoms with Gasteiger partial charge in [-0.3, -0.25) is 0 Å². The molecule has 0 aliphatic heterocycles. The number of rotatable bonds is 5. The van der Waals surface area contributed by atoms with Crippen molar-refractivity contribution in [1.29, 1.82) is 0 Å². The smallest absolute Gasteiger partial charge is 0.158 e. The average molecular weight is 133 g/mol. The maximum atomic E-state index is 4.94. The lowest BCUT2D eigenvalue weighted by Gasteiger charge is -2.11. The van der Waals surface area contributed by atoms with E-state index in [4.69, 9.17) is 9.47 Å². The molecule has 0 unspecified atom stereocenters. The van der Waals surface area contributed by atoms with E-state index in [0.29, 0.717) is 0 Å². The summed E-state index contributed by atoms with van der Waals surface area (Å²) in [6.07, 6.45) is 0.834. The van der Waals surface area contributed by atoms with Crippen LogP contribution in [0.4, 0.5) is 0 Å². The number of hydrogen-bond acceptors (Lipinski definition) is 3. The first kappa shape index (κ1) is 8.88. The van der Waals surface area contributed by atoms with Crippen LogP contribution in [-0.4, -0.2) is 34.1 Å². The molecule has 0 atom stereocenters. The Hall–Kier alpha value is -0.120. The van der Waals surface area contributed by atoms with E-state index in [1.807, 2.05) is 7.05 Å². The zero-order valence-corrected chi connectivity index (χ0v) is 6.31. The number of nitrogens with one attached hydrogen (secondary N) is 1. The quantitative estimate of drug-likeness (QED) is 0.544. The molecule has 0 aromatic carbocycles. The monoisotopic (exact) mass is 133 g/mol. The molecule has 3 heteroatoms. The Kier molecular flexibility index (Phi) is 5.93. The van der Waals surface area contributed by atoms with Crippen LogP contribution < -0.4 is 5.32 Å². The van der Waals surface area contributed by atoms with Crippen molar-refractivity contribution < 1.29 is 9.47 Å². The van der Waals surface area contributed by atoms with Gasteiger partial charge in [0.05, 0.1) is 0 Å². The molecule has 0 aromatic rings. The van der Waals surface area contributed by atoms with Gasteiger partial charge in [-0.1, -0.05) is 0 Å². The van der Waals surface area contributed by atoms with Gasteiger partial charge in [0.1, 0.15) is 0 Å². The molecule has 0 radical (unpaired) electrons. The van der Waals surface area contributed by atoms with Crippen LogP contribution in [0.2, 0.25) is 0 Å². The normalized spacial score (nSPS) is 10.7. The van der Waals surface area contributed by atoms with Gasteiger partial charge in [0.2, 0.25) is 0 Å². The molecule has 0 rings (SSSR count). The summed E-state index contributed by atoms with van der Waals surface area (Å²) in [6.45, 7) is 0.923. The lowest BCUT2D eigenvalue weighted by molar-refractivity contribution is -0.105. The minimum atomic E-state index is -0.0579. The summed E-state index contributed by atoms with van der Waals surface area (Å²) in [5.41, 5.74) is 0. The molecular formula is C6H15NO2. The third kappa shape index (κ3) is 4.39. The minimum absolute atomic E-state index is 0.0579. The fraction of sp³-hybridized carbons (Fsp3) is 1.00. The maximum absolute atomic E-state index is 4.94. The second kappa shape index (κ2) is 6.01. The third-order valence-electron chi connectivity index (χ3n) is 1.16. The molecule has 1 N–H and O–H groups in total. The highest BCUT2D eigenvalue weighted by Crippen LogP contribution is 1.94. The van der Waals surface area contributed by atoms with Crippen molar-refractivity contribution >= 4 is 0 Å². The standard InChI is InChI=1S/C6H15NO2/c1-7-5-4-6(8-2)9-3/h6-7H,4-5H2,1-3H3. The van der Waals surface area contributed by atoms with Crippen LogP contribution in [0.15, 0.2) is 0 Å². The Balaban J connectivity index is 3.09. The first-order valence-electron chi connectivity index (χ1n) is 3.05. The van der Waals surface area contributed by atoms with Gasteiger partial charge in [0.25, 0.3) is 0 Å². The van der Waals surface area contributed by atoms with Gasteiger partial charge in [0, 0.05) is 20.6 Å². The topological polar surface area (TPSA) is 30.5 Å². The molecular weight excluding hydrogens is 118 g/mol. The van der Waals surface area contributed by atoms with Gasteiger partial charge in [-0.15, -0.1) is 0 Å². The molecule has 0 aliphatic carbocycles. The number of hydrogen-bond donors (Lipinski definition) is 1. The average Bonchev–Trinajstić information content (AvgIpc) is 1.91. The van der Waals surface area contributed by atoms with Crippen molar-refractivity contribution in [2.75, 3.05) is 27.8 Å². The molecule has 0 bridgehead atoms. The molecule has 3 nitrogen and oxygen atoms in total. The summed E-state index contributed by atoms with van der Waals surface area (Å²) in [4.78, 5) is 0. The molecule has 0 aliphatic rings. The Bertz CT molecular complexity index is 55.0. The van der Waals surface area contributed by atoms with Gasteiger partial charge >= 0.3 is 0 Å². The highest BCUT2D eigenvalue weighted by Gasteiger charge is 2.01. The van der Waals surface area contributed by atoms with Gasteiger partial charge in [-0.25, -0.2) is 0 Å². The van der Waals surface area contributed by atoms with E-state index in [-0.39, 0.29) is 6.29 Å². The van der Waals surface area contributed by atoms with Crippen molar-refractivity contribution in [2.45, 2.75) is 12.7 Å². The Morgan fingerprint density at radius 3 is 2.22 bits per heavy atom. The summed E-state index contributed by atoms with van der Waals surface area (Å²) in [5.74, 6) is 0. The van der Waals surface area contributed by atoms with Gasteiger partial charge in [-0.2, -0.15) is 0 Å². The second-order valence-corrected chi connectivity index (χ2v) is 1.79. The summed E-state index contributed by atoms with van der Waals surface area (Å²) in [6, 6.07) is 0. The van der Waals surface area contributed by atoms with Gasteiger partial charge in [-0.05, 0) is 13.6 Å². The summed E-state index contributed by atoms with van der Waals surface area (Å²) in [5, 5.41) is 3.01. The number of ether oxygens (including phenoxy) is 2. The van der Waals surface area contributed by atoms with Crippen LogP contribution in [0.5, 0.6) is 0 Å². The predicted octanol–water partition coefficient (Wildman–Crippen LogP) is 0.215. The molecule has 0 spiro atoms. The molecule has 0 aromatic heterocycles. The molecule has 0 amide bonds. The van der Waals surface area contributed by atoms with Crippen LogP contribution in [-0.2, 0) is 9.47 Å². The molecule has 56 valence electrons. The summed E-state index contributed by atoms with van der Waals surface area (Å²) in [7, 11) is 5.19. The van der Waals surface area contributed by atoms with Crippen molar-refractivity contribution in [3.63, 3.8) is 0 Å². The van der Waals surface area contributed by atoms with Gasteiger partial charge < -0.3 is 14.8 Å². The summed E-state index contributed by atoms with van der Waals surface area (Å²) < 4.78 is 9.88. The SMILES string of the molecule is CNCCC(OC)OC. The third-order valence-corrected chi connectivity index (χ3v) is 1.16. The van der Waals surface area contributed by atoms with E-state index in [0.717, 1.165) is 13.0 Å². The molecule has 0 fully saturated rings. The maximum Gasteiger partial charge on any atom is 0.158 e. The lowest BCUT2D eigenvalue weighted by atomic mass is 10.4. The second-order valence-electron chi connectivity index (χ2n) is 1.79. The lowest BCUT2D eigenvalue weighted by Crippen LogP contribution is -2.19. The highest BCUT2D eigenvalue weighted by atomic mass is 16.7. The van der Waals surface area contributed by atoms with Crippen LogP contribution in [0.1, 0.15) is 6.42 Å². The largest absolute Gasteiger partial charge is 0.356 e. The molecule has 0 saturated heterocycles. The van der Waals surface area contributed by atoms with E-state index in [9.17, 15) is 0 Å². The molecule has 0 heterocycles. The van der Waals surface area contributed by atoms with E-state index in [1.54, 1.807) is 14.2 Å². The van der Waals surface area contributed by atoms with Crippen LogP contribution in [0.3, 0.4) is 0 Å². The summed E-state index contributed by atoms with van der Waals surface area (Å²) >= 11 is 0. The predicted molar refractivity (Wildman–Crippen MR) is 36.3 cm³/mol. The van der Waals surface area contributed by atoms with Crippen molar-refractivity contribution in [3.8, 4) is 0 Å². The van der Waals surface area contributed by atoms with Crippen molar-refractivity contribution in [1.82, 2.24) is 5.32 Å². The van der Waals surface area contributed by atoms with Crippen molar-refractivity contribution in [3.05, 3.63) is 0 Å². The Morgan fingerprint density at radius 2 is 1.89 bits per heavy atom. The number of methoxy groups -OCH3 is 2. The Labute approximate surface area is 56.3 Å². The van der Waals surface area contributed by atoms with Crippen LogP contribution >= 0.6 is 0 Å². The zero-order valence-electron chi connectivity index (χ0n) is 6.31. The molecule has 9 heavy (non-hydrogen) atoms. The molecule has 0 saturated carbocycles. The zero-order chi connectivity index (χ0) is 7.11. The van der Waals surface area contributed by atoms with Crippen molar-refractivity contribution in [2.24, 2.45) is 0 Å². The van der Waals surface area contributed by atoms with E-state index in [1.165, 1.54) is 0 Å². The van der Waals surface area contributed by atoms with Crippen LogP contribution in [0.25, 0.3) is 0 Å². The Morgan fingerprint density at radius 1 is 1.33 bits per heavy atom. The van der Waals surface area contributed by atoms with Gasteiger partial charge in [0.15, 0.2) is 6.29 Å².